The van der Waals surface area contributed by atoms with Gasteiger partial charge in [-0.1, -0.05) is 13.8 Å². The van der Waals surface area contributed by atoms with Crippen LogP contribution in [-0.4, -0.2) is 38.6 Å². The van der Waals surface area contributed by atoms with Crippen molar-refractivity contribution in [1.82, 2.24) is 4.72 Å². The first kappa shape index (κ1) is 18.9. The van der Waals surface area contributed by atoms with E-state index in [1.165, 1.54) is 32.2 Å². The molecule has 3 N–H and O–H groups in total. The number of methoxy groups -OCH3 is 1. The third kappa shape index (κ3) is 4.93. The van der Waals surface area contributed by atoms with Gasteiger partial charge in [-0.2, -0.15) is 4.72 Å². The van der Waals surface area contributed by atoms with Gasteiger partial charge in [-0.15, -0.1) is 0 Å². The molecule has 23 heavy (non-hydrogen) atoms. The molecule has 0 aromatic heterocycles. The van der Waals surface area contributed by atoms with Crippen LogP contribution in [0.5, 0.6) is 5.75 Å². The summed E-state index contributed by atoms with van der Waals surface area (Å²) < 4.78 is 32.2. The number of carbonyl (C=O) groups excluding carboxylic acids is 1. The van der Waals surface area contributed by atoms with E-state index in [2.05, 4.69) is 10.0 Å². The number of amides is 1. The Morgan fingerprint density at radius 2 is 1.87 bits per heavy atom. The van der Waals surface area contributed by atoms with Gasteiger partial charge in [0.15, 0.2) is 0 Å². The highest BCUT2D eigenvalue weighted by atomic mass is 32.2. The molecule has 0 aliphatic heterocycles. The Bertz CT molecular complexity index is 699. The van der Waals surface area contributed by atoms with E-state index in [4.69, 9.17) is 9.84 Å². The maximum absolute atomic E-state index is 12.5. The van der Waals surface area contributed by atoms with Crippen LogP contribution >= 0.6 is 0 Å². The topological polar surface area (TPSA) is 122 Å². The largest absolute Gasteiger partial charge is 0.495 e. The van der Waals surface area contributed by atoms with Crippen LogP contribution in [0, 0.1) is 5.92 Å². The first-order valence-corrected chi connectivity index (χ1v) is 8.27. The van der Waals surface area contributed by atoms with Gasteiger partial charge in [0.2, 0.25) is 15.9 Å². The lowest BCUT2D eigenvalue weighted by atomic mass is 10.1. The number of nitrogens with one attached hydrogen (secondary N) is 2. The van der Waals surface area contributed by atoms with E-state index < -0.39 is 28.0 Å². The zero-order valence-electron chi connectivity index (χ0n) is 13.3. The van der Waals surface area contributed by atoms with E-state index in [0.29, 0.717) is 0 Å². The molecule has 1 rings (SSSR count). The van der Waals surface area contributed by atoms with Crippen molar-refractivity contribution < 1.29 is 27.9 Å². The van der Waals surface area contributed by atoms with Crippen molar-refractivity contribution >= 4 is 27.6 Å². The fourth-order valence-electron chi connectivity index (χ4n) is 1.87. The van der Waals surface area contributed by atoms with E-state index in [-0.39, 0.29) is 22.2 Å². The third-order valence-corrected chi connectivity index (χ3v) is 4.45. The second kappa shape index (κ2) is 7.42. The molecule has 9 heteroatoms. The van der Waals surface area contributed by atoms with Crippen LogP contribution in [0.1, 0.15) is 20.8 Å². The number of anilines is 1. The number of hydrogen-bond donors (Lipinski definition) is 3. The predicted molar refractivity (Wildman–Crippen MR) is 83.9 cm³/mol. The average Bonchev–Trinajstić information content (AvgIpc) is 2.43. The minimum Gasteiger partial charge on any atom is -0.495 e. The molecule has 1 aromatic carbocycles. The van der Waals surface area contributed by atoms with Gasteiger partial charge >= 0.3 is 5.97 Å². The Morgan fingerprint density at radius 1 is 1.26 bits per heavy atom. The molecule has 8 nitrogen and oxygen atoms in total. The minimum atomic E-state index is -4.16. The highest BCUT2D eigenvalue weighted by Crippen LogP contribution is 2.27. The van der Waals surface area contributed by atoms with Crippen LogP contribution in [0.25, 0.3) is 0 Å². The van der Waals surface area contributed by atoms with Crippen molar-refractivity contribution in [2.75, 3.05) is 12.4 Å². The van der Waals surface area contributed by atoms with Gasteiger partial charge in [0.05, 0.1) is 7.11 Å². The zero-order chi connectivity index (χ0) is 17.8. The fraction of sp³-hybridized carbons (Fsp3) is 0.429. The van der Waals surface area contributed by atoms with Gasteiger partial charge in [0.25, 0.3) is 0 Å². The number of aliphatic carboxylic acids is 1. The number of rotatable bonds is 7. The second-order valence-electron chi connectivity index (χ2n) is 5.23. The molecule has 0 aliphatic carbocycles. The number of carboxylic acid groups (broad SMARTS) is 1. The molecular formula is C14H20N2O6S. The molecule has 0 fully saturated rings. The number of hydrogen-bond acceptors (Lipinski definition) is 5. The highest BCUT2D eigenvalue weighted by Gasteiger charge is 2.30. The number of ether oxygens (including phenoxy) is 1. The molecule has 0 unspecified atom stereocenters. The molecule has 1 amide bonds. The molecule has 1 atom stereocenters. The maximum atomic E-state index is 12.5. The van der Waals surface area contributed by atoms with E-state index in [9.17, 15) is 18.0 Å². The summed E-state index contributed by atoms with van der Waals surface area (Å²) in [6.45, 7) is 4.47. The summed E-state index contributed by atoms with van der Waals surface area (Å²) in [5.74, 6) is -2.05. The molecule has 0 aliphatic rings. The van der Waals surface area contributed by atoms with Crippen molar-refractivity contribution in [3.05, 3.63) is 18.2 Å². The minimum absolute atomic E-state index is 0.0412. The van der Waals surface area contributed by atoms with Crippen LogP contribution < -0.4 is 14.8 Å². The van der Waals surface area contributed by atoms with Crippen molar-refractivity contribution in [2.24, 2.45) is 5.92 Å². The van der Waals surface area contributed by atoms with Crippen molar-refractivity contribution in [2.45, 2.75) is 31.7 Å². The van der Waals surface area contributed by atoms with Gasteiger partial charge in [-0.25, -0.2) is 8.42 Å². The molecule has 128 valence electrons. The van der Waals surface area contributed by atoms with Crippen molar-refractivity contribution in [3.63, 3.8) is 0 Å². The lowest BCUT2D eigenvalue weighted by molar-refractivity contribution is -0.140. The summed E-state index contributed by atoms with van der Waals surface area (Å²) in [6, 6.07) is 2.79. The monoisotopic (exact) mass is 344 g/mol. The summed E-state index contributed by atoms with van der Waals surface area (Å²) in [4.78, 5) is 22.0. The van der Waals surface area contributed by atoms with Crippen LogP contribution in [0.2, 0.25) is 0 Å². The number of sulfonamides is 1. The zero-order valence-corrected chi connectivity index (χ0v) is 14.1. The quantitative estimate of drug-likeness (QED) is 0.679. The number of benzene rings is 1. The van der Waals surface area contributed by atoms with Crippen molar-refractivity contribution in [1.29, 1.82) is 0 Å². The molecule has 1 aromatic rings. The standard InChI is InChI=1S/C14H20N2O6S/c1-8(2)13(14(18)19)16-23(20,21)12-7-10(15-9(3)17)5-6-11(12)22-4/h5-8,13,16H,1-4H3,(H,15,17)(H,18,19)/t13-/m0/s1. The number of carbonyl (C=O) groups is 2. The Labute approximate surface area is 134 Å². The molecule has 0 heterocycles. The SMILES string of the molecule is COc1ccc(NC(C)=O)cc1S(=O)(=O)N[C@H](C(=O)O)C(C)C. The molecular weight excluding hydrogens is 324 g/mol. The highest BCUT2D eigenvalue weighted by molar-refractivity contribution is 7.89. The predicted octanol–water partition coefficient (Wildman–Crippen LogP) is 1.04. The summed E-state index contributed by atoms with van der Waals surface area (Å²) in [5.41, 5.74) is 0.259. The summed E-state index contributed by atoms with van der Waals surface area (Å²) in [6.07, 6.45) is 0. The third-order valence-electron chi connectivity index (χ3n) is 2.99. The Morgan fingerprint density at radius 3 is 2.30 bits per heavy atom. The average molecular weight is 344 g/mol. The van der Waals surface area contributed by atoms with E-state index in [1.54, 1.807) is 13.8 Å². The number of carboxylic acids is 1. The van der Waals surface area contributed by atoms with E-state index in [0.717, 1.165) is 0 Å². The van der Waals surface area contributed by atoms with Gasteiger partial charge in [0, 0.05) is 12.6 Å². The first-order valence-electron chi connectivity index (χ1n) is 6.79. The van der Waals surface area contributed by atoms with Crippen LogP contribution in [0.15, 0.2) is 23.1 Å². The van der Waals surface area contributed by atoms with Crippen LogP contribution in [0.4, 0.5) is 5.69 Å². The summed E-state index contributed by atoms with van der Waals surface area (Å²) >= 11 is 0. The lowest BCUT2D eigenvalue weighted by Crippen LogP contribution is -2.44. The van der Waals surface area contributed by atoms with Crippen LogP contribution in [0.3, 0.4) is 0 Å². The Kier molecular flexibility index (Phi) is 6.11. The molecule has 0 spiro atoms. The molecule has 0 radical (unpaired) electrons. The normalized spacial score (nSPS) is 12.7. The van der Waals surface area contributed by atoms with Gasteiger partial charge < -0.3 is 15.2 Å². The second-order valence-corrected chi connectivity index (χ2v) is 6.91. The first-order chi connectivity index (χ1) is 10.6. The van der Waals surface area contributed by atoms with E-state index >= 15 is 0 Å². The Balaban J connectivity index is 3.29. The maximum Gasteiger partial charge on any atom is 0.322 e. The summed E-state index contributed by atoms with van der Waals surface area (Å²) in [5, 5.41) is 11.6. The molecule has 0 saturated heterocycles. The van der Waals surface area contributed by atoms with Gasteiger partial charge in [-0.3, -0.25) is 9.59 Å². The van der Waals surface area contributed by atoms with E-state index in [1.807, 2.05) is 0 Å². The van der Waals surface area contributed by atoms with Gasteiger partial charge in [0.1, 0.15) is 16.7 Å². The summed E-state index contributed by atoms with van der Waals surface area (Å²) in [7, 11) is -2.86. The van der Waals surface area contributed by atoms with Gasteiger partial charge in [-0.05, 0) is 24.1 Å². The van der Waals surface area contributed by atoms with Crippen molar-refractivity contribution in [3.8, 4) is 5.75 Å². The molecule has 0 saturated carbocycles. The Hall–Kier alpha value is -2.13. The van der Waals surface area contributed by atoms with Crippen LogP contribution in [-0.2, 0) is 19.6 Å². The lowest BCUT2D eigenvalue weighted by Gasteiger charge is -2.19. The smallest absolute Gasteiger partial charge is 0.322 e. The molecule has 0 bridgehead atoms. The fourth-order valence-corrected chi connectivity index (χ4v) is 3.40.